The first-order chi connectivity index (χ1) is 12.2. The first-order valence-corrected chi connectivity index (χ1v) is 8.27. The van der Waals surface area contributed by atoms with E-state index >= 15 is 0 Å². The number of anilines is 1. The van der Waals surface area contributed by atoms with Crippen LogP contribution < -0.4 is 10.6 Å². The van der Waals surface area contributed by atoms with E-state index in [-0.39, 0.29) is 30.2 Å². The molecule has 1 aliphatic rings. The van der Waals surface area contributed by atoms with Gasteiger partial charge in [-0.2, -0.15) is 13.2 Å². The third-order valence-corrected chi connectivity index (χ3v) is 3.82. The molecule has 2 unspecified atom stereocenters. The van der Waals surface area contributed by atoms with E-state index in [0.29, 0.717) is 18.8 Å². The van der Waals surface area contributed by atoms with Gasteiger partial charge in [-0.1, -0.05) is 12.1 Å². The van der Waals surface area contributed by atoms with Crippen molar-refractivity contribution < 1.29 is 27.5 Å². The average Bonchev–Trinajstić information content (AvgIpc) is 2.56. The van der Waals surface area contributed by atoms with Crippen LogP contribution in [0.25, 0.3) is 0 Å². The molecule has 26 heavy (non-hydrogen) atoms. The van der Waals surface area contributed by atoms with Gasteiger partial charge in [0.15, 0.2) is 0 Å². The Hall–Kier alpha value is -2.29. The zero-order chi connectivity index (χ0) is 19.3. The maximum atomic E-state index is 12.4. The number of alkyl halides is 3. The number of carbonyl (C=O) groups is 2. The number of nitrogens with zero attached hydrogens (tertiary/aromatic N) is 1. The van der Waals surface area contributed by atoms with Gasteiger partial charge >= 0.3 is 6.18 Å². The normalized spacial score (nSPS) is 20.6. The number of benzene rings is 1. The van der Waals surface area contributed by atoms with Gasteiger partial charge in [0.25, 0.3) is 5.91 Å². The van der Waals surface area contributed by atoms with E-state index in [9.17, 15) is 22.8 Å². The molecule has 1 saturated heterocycles. The Kier molecular flexibility index (Phi) is 6.47. The van der Waals surface area contributed by atoms with Gasteiger partial charge in [-0.25, -0.2) is 0 Å². The standard InChI is InChI=1S/C17H22F3N3O3/c1-11-8-23(9-12(2)26-11)15(24)7-21-14-6-4-3-5-13(14)16(25)22-10-17(18,19)20/h3-6,11-12,21H,7-10H2,1-2H3,(H,22,25). The summed E-state index contributed by atoms with van der Waals surface area (Å²) < 4.78 is 42.4. The second-order valence-electron chi connectivity index (χ2n) is 6.25. The summed E-state index contributed by atoms with van der Waals surface area (Å²) in [5, 5.41) is 4.67. The SMILES string of the molecule is CC1CN(C(=O)CNc2ccccc2C(=O)NCC(F)(F)F)CC(C)O1. The van der Waals surface area contributed by atoms with E-state index in [0.717, 1.165) is 0 Å². The summed E-state index contributed by atoms with van der Waals surface area (Å²) in [4.78, 5) is 26.0. The van der Waals surface area contributed by atoms with Crippen LogP contribution in [0.3, 0.4) is 0 Å². The minimum absolute atomic E-state index is 0.0493. The van der Waals surface area contributed by atoms with E-state index in [1.54, 1.807) is 23.1 Å². The molecule has 9 heteroatoms. The monoisotopic (exact) mass is 373 g/mol. The van der Waals surface area contributed by atoms with Gasteiger partial charge in [-0.15, -0.1) is 0 Å². The van der Waals surface area contributed by atoms with E-state index in [4.69, 9.17) is 4.74 Å². The van der Waals surface area contributed by atoms with Crippen molar-refractivity contribution in [1.82, 2.24) is 10.2 Å². The van der Waals surface area contributed by atoms with Crippen LogP contribution in [0, 0.1) is 0 Å². The van der Waals surface area contributed by atoms with Gasteiger partial charge in [0.2, 0.25) is 5.91 Å². The van der Waals surface area contributed by atoms with Crippen LogP contribution in [0.4, 0.5) is 18.9 Å². The topological polar surface area (TPSA) is 70.7 Å². The number of ether oxygens (including phenoxy) is 1. The number of morpholine rings is 1. The first-order valence-electron chi connectivity index (χ1n) is 8.27. The van der Waals surface area contributed by atoms with E-state index in [1.165, 1.54) is 6.07 Å². The second kappa shape index (κ2) is 8.39. The Bertz CT molecular complexity index is 642. The van der Waals surface area contributed by atoms with Crippen LogP contribution in [-0.2, 0) is 9.53 Å². The summed E-state index contributed by atoms with van der Waals surface area (Å²) in [5.41, 5.74) is 0.350. The van der Waals surface area contributed by atoms with Gasteiger partial charge in [0.1, 0.15) is 6.54 Å². The molecule has 2 amide bonds. The average molecular weight is 373 g/mol. The number of hydrogen-bond acceptors (Lipinski definition) is 4. The molecule has 0 bridgehead atoms. The fourth-order valence-corrected chi connectivity index (χ4v) is 2.78. The molecule has 0 aromatic heterocycles. The Morgan fingerprint density at radius 1 is 1.19 bits per heavy atom. The summed E-state index contributed by atoms with van der Waals surface area (Å²) in [7, 11) is 0. The van der Waals surface area contributed by atoms with E-state index in [2.05, 4.69) is 5.32 Å². The van der Waals surface area contributed by atoms with Gasteiger partial charge in [0, 0.05) is 18.8 Å². The van der Waals surface area contributed by atoms with Gasteiger partial charge in [0.05, 0.1) is 24.3 Å². The fourth-order valence-electron chi connectivity index (χ4n) is 2.78. The quantitative estimate of drug-likeness (QED) is 0.829. The summed E-state index contributed by atoms with van der Waals surface area (Å²) in [5.74, 6) is -1.02. The molecule has 0 radical (unpaired) electrons. The summed E-state index contributed by atoms with van der Waals surface area (Å²) in [6.45, 7) is 3.22. The number of para-hydroxylation sites is 1. The maximum absolute atomic E-state index is 12.4. The first kappa shape index (κ1) is 20.0. The van der Waals surface area contributed by atoms with Crippen LogP contribution in [-0.4, -0.2) is 61.3 Å². The summed E-state index contributed by atoms with van der Waals surface area (Å²) in [6, 6.07) is 6.12. The molecule has 1 aromatic rings. The lowest BCUT2D eigenvalue weighted by Gasteiger charge is -2.35. The van der Waals surface area contributed by atoms with Crippen LogP contribution in [0.2, 0.25) is 0 Å². The summed E-state index contributed by atoms with van der Waals surface area (Å²) in [6.07, 6.45) is -4.62. The number of amides is 2. The number of rotatable bonds is 5. The molecule has 2 N–H and O–H groups in total. The molecule has 0 aliphatic carbocycles. The van der Waals surface area contributed by atoms with Gasteiger partial charge in [-0.3, -0.25) is 9.59 Å². The van der Waals surface area contributed by atoms with E-state index < -0.39 is 18.6 Å². The number of hydrogen-bond donors (Lipinski definition) is 2. The minimum Gasteiger partial charge on any atom is -0.376 e. The zero-order valence-electron chi connectivity index (χ0n) is 14.6. The molecular weight excluding hydrogens is 351 g/mol. The van der Waals surface area contributed by atoms with Crippen LogP contribution in [0.5, 0.6) is 0 Å². The van der Waals surface area contributed by atoms with Crippen LogP contribution >= 0.6 is 0 Å². The van der Waals surface area contributed by atoms with E-state index in [1.807, 2.05) is 19.2 Å². The Morgan fingerprint density at radius 3 is 2.42 bits per heavy atom. The Labute approximate surface area is 149 Å². The van der Waals surface area contributed by atoms with Crippen molar-refractivity contribution in [3.05, 3.63) is 29.8 Å². The lowest BCUT2D eigenvalue weighted by atomic mass is 10.1. The molecule has 6 nitrogen and oxygen atoms in total. The lowest BCUT2D eigenvalue weighted by Crippen LogP contribution is -2.49. The third kappa shape index (κ3) is 5.91. The van der Waals surface area contributed by atoms with Gasteiger partial charge < -0.3 is 20.3 Å². The number of carbonyl (C=O) groups excluding carboxylic acids is 2. The molecule has 1 heterocycles. The molecule has 0 saturated carbocycles. The molecule has 144 valence electrons. The van der Waals surface area contributed by atoms with Gasteiger partial charge in [-0.05, 0) is 26.0 Å². The van der Waals surface area contributed by atoms with Crippen molar-refractivity contribution in [1.29, 1.82) is 0 Å². The Balaban J connectivity index is 1.97. The van der Waals surface area contributed by atoms with Crippen molar-refractivity contribution in [2.45, 2.75) is 32.2 Å². The summed E-state index contributed by atoms with van der Waals surface area (Å²) >= 11 is 0. The van der Waals surface area contributed by atoms with Crippen LogP contribution in [0.1, 0.15) is 24.2 Å². The smallest absolute Gasteiger partial charge is 0.376 e. The highest BCUT2D eigenvalue weighted by atomic mass is 19.4. The molecule has 0 spiro atoms. The van der Waals surface area contributed by atoms with Crippen molar-refractivity contribution >= 4 is 17.5 Å². The number of halogens is 3. The zero-order valence-corrected chi connectivity index (χ0v) is 14.6. The highest BCUT2D eigenvalue weighted by molar-refractivity contribution is 6.00. The largest absolute Gasteiger partial charge is 0.405 e. The molecule has 2 rings (SSSR count). The molecule has 1 fully saturated rings. The highest BCUT2D eigenvalue weighted by Gasteiger charge is 2.29. The number of nitrogens with one attached hydrogen (secondary N) is 2. The highest BCUT2D eigenvalue weighted by Crippen LogP contribution is 2.17. The minimum atomic E-state index is -4.49. The van der Waals surface area contributed by atoms with Crippen molar-refractivity contribution in [2.24, 2.45) is 0 Å². The van der Waals surface area contributed by atoms with Crippen LogP contribution in [0.15, 0.2) is 24.3 Å². The molecule has 1 aliphatic heterocycles. The predicted octanol–water partition coefficient (Wildman–Crippen LogP) is 2.03. The molecule has 2 atom stereocenters. The molecule has 1 aromatic carbocycles. The Morgan fingerprint density at radius 2 is 1.81 bits per heavy atom. The van der Waals surface area contributed by atoms with Crippen molar-refractivity contribution in [2.75, 3.05) is 31.5 Å². The van der Waals surface area contributed by atoms with Crippen molar-refractivity contribution in [3.63, 3.8) is 0 Å². The second-order valence-corrected chi connectivity index (χ2v) is 6.25. The third-order valence-electron chi connectivity index (χ3n) is 3.82. The maximum Gasteiger partial charge on any atom is 0.405 e. The lowest BCUT2D eigenvalue weighted by molar-refractivity contribution is -0.141. The fraction of sp³-hybridized carbons (Fsp3) is 0.529. The predicted molar refractivity (Wildman–Crippen MR) is 89.9 cm³/mol. The molecular formula is C17H22F3N3O3. The van der Waals surface area contributed by atoms with Crippen molar-refractivity contribution in [3.8, 4) is 0 Å².